The smallest absolute Gasteiger partial charge is 0.0258 e. The third-order valence-corrected chi connectivity index (χ3v) is 3.55. The van der Waals surface area contributed by atoms with Crippen molar-refractivity contribution < 1.29 is 0 Å². The molecule has 0 saturated heterocycles. The van der Waals surface area contributed by atoms with Gasteiger partial charge in [0.2, 0.25) is 0 Å². The second-order valence-electron chi connectivity index (χ2n) is 4.96. The Hall–Kier alpha value is -0.980. The molecule has 1 saturated carbocycles. The molecule has 1 nitrogen and oxygen atoms in total. The van der Waals surface area contributed by atoms with Gasteiger partial charge in [-0.3, -0.25) is 0 Å². The fourth-order valence-electron chi connectivity index (χ4n) is 2.45. The summed E-state index contributed by atoms with van der Waals surface area (Å²) in [4.78, 5) is 0. The number of nitrogens with one attached hydrogen (secondary N) is 1. The minimum Gasteiger partial charge on any atom is -0.386 e. The molecule has 1 aliphatic carbocycles. The molecule has 0 spiro atoms. The Kier molecular flexibility index (Phi) is 4.85. The largest absolute Gasteiger partial charge is 0.386 e. The summed E-state index contributed by atoms with van der Waals surface area (Å²) in [6.45, 7) is 16.4. The van der Waals surface area contributed by atoms with E-state index in [1.54, 1.807) is 0 Å². The van der Waals surface area contributed by atoms with E-state index < -0.39 is 0 Å². The highest BCUT2D eigenvalue weighted by Gasteiger charge is 2.23. The molecule has 0 aromatic rings. The molecule has 0 bridgehead atoms. The van der Waals surface area contributed by atoms with E-state index in [0.29, 0.717) is 12.0 Å². The van der Waals surface area contributed by atoms with Crippen molar-refractivity contribution in [3.05, 3.63) is 36.6 Å². The fraction of sp³-hybridized carbons (Fsp3) is 0.600. The fourth-order valence-corrected chi connectivity index (χ4v) is 2.45. The lowest BCUT2D eigenvalue weighted by molar-refractivity contribution is 0.335. The standard InChI is InChI=1S/C15H25N/c1-6-12(4)13(5)14-7-9-15(10-8-14)16-11(2)3/h14-16H,2,4-10H2,1,3H3. The van der Waals surface area contributed by atoms with Gasteiger partial charge < -0.3 is 5.32 Å². The summed E-state index contributed by atoms with van der Waals surface area (Å²) in [5.41, 5.74) is 3.60. The molecule has 1 heteroatoms. The molecule has 0 heterocycles. The van der Waals surface area contributed by atoms with E-state index in [4.69, 9.17) is 0 Å². The molecule has 0 aliphatic heterocycles. The van der Waals surface area contributed by atoms with Crippen molar-refractivity contribution in [2.24, 2.45) is 5.92 Å². The molecule has 0 aromatic carbocycles. The molecule has 0 radical (unpaired) electrons. The average molecular weight is 219 g/mol. The highest BCUT2D eigenvalue weighted by molar-refractivity contribution is 5.27. The first-order chi connectivity index (χ1) is 7.54. The molecule has 0 amide bonds. The lowest BCUT2D eigenvalue weighted by atomic mass is 9.79. The van der Waals surface area contributed by atoms with Gasteiger partial charge in [-0.15, -0.1) is 0 Å². The molecular formula is C15H25N. The molecular weight excluding hydrogens is 194 g/mol. The molecule has 0 atom stereocenters. The maximum Gasteiger partial charge on any atom is 0.0258 e. The minimum atomic E-state index is 0.622. The molecule has 16 heavy (non-hydrogen) atoms. The quantitative estimate of drug-likeness (QED) is 0.684. The van der Waals surface area contributed by atoms with Crippen molar-refractivity contribution in [1.29, 1.82) is 0 Å². The van der Waals surface area contributed by atoms with Gasteiger partial charge in [-0.05, 0) is 50.5 Å². The summed E-state index contributed by atoms with van der Waals surface area (Å²) < 4.78 is 0. The van der Waals surface area contributed by atoms with E-state index in [1.165, 1.54) is 36.8 Å². The zero-order valence-electron chi connectivity index (χ0n) is 10.8. The summed E-state index contributed by atoms with van der Waals surface area (Å²) in [6.07, 6.45) is 5.97. The van der Waals surface area contributed by atoms with Gasteiger partial charge >= 0.3 is 0 Å². The molecule has 1 aliphatic rings. The van der Waals surface area contributed by atoms with E-state index in [0.717, 1.165) is 12.1 Å². The van der Waals surface area contributed by atoms with Crippen molar-refractivity contribution in [1.82, 2.24) is 5.32 Å². The van der Waals surface area contributed by atoms with Crippen LogP contribution in [0.5, 0.6) is 0 Å². The van der Waals surface area contributed by atoms with E-state index >= 15 is 0 Å². The first-order valence-corrected chi connectivity index (χ1v) is 6.33. The van der Waals surface area contributed by atoms with Gasteiger partial charge in [-0.2, -0.15) is 0 Å². The van der Waals surface area contributed by atoms with Gasteiger partial charge in [-0.1, -0.05) is 32.2 Å². The second-order valence-corrected chi connectivity index (χ2v) is 4.96. The first-order valence-electron chi connectivity index (χ1n) is 6.33. The predicted molar refractivity (Wildman–Crippen MR) is 72.3 cm³/mol. The zero-order chi connectivity index (χ0) is 12.1. The Labute approximate surface area is 100 Å². The Morgan fingerprint density at radius 1 is 1.12 bits per heavy atom. The zero-order valence-corrected chi connectivity index (χ0v) is 10.8. The summed E-state index contributed by atoms with van der Waals surface area (Å²) in [6, 6.07) is 0.622. The topological polar surface area (TPSA) is 12.0 Å². The molecule has 0 aromatic heterocycles. The van der Waals surface area contributed by atoms with Crippen LogP contribution in [0.25, 0.3) is 0 Å². The SMILES string of the molecule is C=C(C)NC1CCC(C(=C)C(=C)CC)CC1. The van der Waals surface area contributed by atoms with Crippen molar-refractivity contribution in [3.8, 4) is 0 Å². The predicted octanol–water partition coefficient (Wildman–Crippen LogP) is 4.19. The normalized spacial score (nSPS) is 24.9. The van der Waals surface area contributed by atoms with Crippen LogP contribution >= 0.6 is 0 Å². The van der Waals surface area contributed by atoms with E-state index in [9.17, 15) is 0 Å². The van der Waals surface area contributed by atoms with Crippen LogP contribution in [0.15, 0.2) is 36.6 Å². The van der Waals surface area contributed by atoms with Gasteiger partial charge in [0.1, 0.15) is 0 Å². The molecule has 1 N–H and O–H groups in total. The van der Waals surface area contributed by atoms with Crippen molar-refractivity contribution in [3.63, 3.8) is 0 Å². The average Bonchev–Trinajstić information content (AvgIpc) is 2.27. The molecule has 1 rings (SSSR count). The second kappa shape index (κ2) is 5.93. The lowest BCUT2D eigenvalue weighted by Crippen LogP contribution is -2.32. The summed E-state index contributed by atoms with van der Waals surface area (Å²) in [7, 11) is 0. The Bertz CT molecular complexity index is 280. The van der Waals surface area contributed by atoms with Crippen molar-refractivity contribution in [2.45, 2.75) is 52.0 Å². The third kappa shape index (κ3) is 3.55. The van der Waals surface area contributed by atoms with Crippen LogP contribution in [0, 0.1) is 5.92 Å². The van der Waals surface area contributed by atoms with Gasteiger partial charge in [0.05, 0.1) is 0 Å². The van der Waals surface area contributed by atoms with Gasteiger partial charge in [0.25, 0.3) is 0 Å². The monoisotopic (exact) mass is 219 g/mol. The highest BCUT2D eigenvalue weighted by Crippen LogP contribution is 2.33. The van der Waals surface area contributed by atoms with Gasteiger partial charge in [0.15, 0.2) is 0 Å². The minimum absolute atomic E-state index is 0.622. The van der Waals surface area contributed by atoms with Crippen molar-refractivity contribution in [2.75, 3.05) is 0 Å². The summed E-state index contributed by atoms with van der Waals surface area (Å²) in [5, 5.41) is 3.44. The number of hydrogen-bond acceptors (Lipinski definition) is 1. The highest BCUT2D eigenvalue weighted by atomic mass is 14.9. The summed E-state index contributed by atoms with van der Waals surface area (Å²) >= 11 is 0. The Morgan fingerprint density at radius 3 is 2.12 bits per heavy atom. The Morgan fingerprint density at radius 2 is 1.69 bits per heavy atom. The van der Waals surface area contributed by atoms with Crippen LogP contribution in [-0.2, 0) is 0 Å². The van der Waals surface area contributed by atoms with Gasteiger partial charge in [-0.25, -0.2) is 0 Å². The number of allylic oxidation sites excluding steroid dienone is 3. The maximum absolute atomic E-state index is 4.20. The van der Waals surface area contributed by atoms with Crippen LogP contribution in [0.4, 0.5) is 0 Å². The first kappa shape index (κ1) is 13.1. The third-order valence-electron chi connectivity index (χ3n) is 3.55. The van der Waals surface area contributed by atoms with E-state index in [1.807, 2.05) is 6.92 Å². The van der Waals surface area contributed by atoms with Crippen LogP contribution in [0.1, 0.15) is 46.0 Å². The van der Waals surface area contributed by atoms with Crippen LogP contribution in [-0.4, -0.2) is 6.04 Å². The van der Waals surface area contributed by atoms with Gasteiger partial charge in [0, 0.05) is 11.7 Å². The van der Waals surface area contributed by atoms with Crippen LogP contribution < -0.4 is 5.32 Å². The van der Waals surface area contributed by atoms with E-state index in [-0.39, 0.29) is 0 Å². The Balaban J connectivity index is 2.40. The molecule has 90 valence electrons. The summed E-state index contributed by atoms with van der Waals surface area (Å²) in [5.74, 6) is 0.663. The number of hydrogen-bond donors (Lipinski definition) is 1. The molecule has 1 fully saturated rings. The number of rotatable bonds is 5. The van der Waals surface area contributed by atoms with Crippen LogP contribution in [0.2, 0.25) is 0 Å². The molecule has 0 unspecified atom stereocenters. The lowest BCUT2D eigenvalue weighted by Gasteiger charge is -2.31. The van der Waals surface area contributed by atoms with Crippen molar-refractivity contribution >= 4 is 0 Å². The van der Waals surface area contributed by atoms with E-state index in [2.05, 4.69) is 32.0 Å². The maximum atomic E-state index is 4.20. The van der Waals surface area contributed by atoms with Crippen LogP contribution in [0.3, 0.4) is 0 Å².